The second-order valence-corrected chi connectivity index (χ2v) is 3.61. The first kappa shape index (κ1) is 14.0. The van der Waals surface area contributed by atoms with Crippen molar-refractivity contribution in [1.29, 1.82) is 0 Å². The van der Waals surface area contributed by atoms with Crippen LogP contribution in [0.4, 0.5) is 13.2 Å². The summed E-state index contributed by atoms with van der Waals surface area (Å²) in [5, 5.41) is 0. The molecule has 0 saturated heterocycles. The summed E-state index contributed by atoms with van der Waals surface area (Å²) in [6.07, 6.45) is -1.51. The maximum absolute atomic E-state index is 12.0. The molecule has 0 aliphatic heterocycles. The van der Waals surface area contributed by atoms with Crippen molar-refractivity contribution >= 4 is 11.6 Å². The molecular weight excluding hydrogens is 215 g/mol. The molecule has 0 rings (SSSR count). The Balaban J connectivity index is 3.58. The lowest BCUT2D eigenvalue weighted by atomic mass is 10.2. The molecule has 0 atom stereocenters. The zero-order valence-corrected chi connectivity index (χ0v) is 9.16. The van der Waals surface area contributed by atoms with Gasteiger partial charge in [0.25, 0.3) is 0 Å². The largest absolute Gasteiger partial charge is 0.401 e. The van der Waals surface area contributed by atoms with E-state index in [1.807, 2.05) is 0 Å². The van der Waals surface area contributed by atoms with E-state index in [4.69, 9.17) is 11.6 Å². The highest BCUT2D eigenvalue weighted by atomic mass is 35.5. The first-order valence-corrected chi connectivity index (χ1v) is 5.38. The molecule has 0 radical (unpaired) electrons. The summed E-state index contributed by atoms with van der Waals surface area (Å²) < 4.78 is 36.0. The Kier molecular flexibility index (Phi) is 7.37. The maximum Gasteiger partial charge on any atom is 0.401 e. The summed E-state index contributed by atoms with van der Waals surface area (Å²) >= 11 is 5.46. The Hall–Kier alpha value is 0.0400. The zero-order valence-electron chi connectivity index (χ0n) is 8.41. The van der Waals surface area contributed by atoms with E-state index in [9.17, 15) is 13.2 Å². The third-order valence-corrected chi connectivity index (χ3v) is 2.23. The van der Waals surface area contributed by atoms with Gasteiger partial charge in [-0.05, 0) is 25.9 Å². The van der Waals surface area contributed by atoms with Gasteiger partial charge in [0.15, 0.2) is 0 Å². The molecule has 0 bridgehead atoms. The van der Waals surface area contributed by atoms with Crippen LogP contribution in [0.2, 0.25) is 0 Å². The van der Waals surface area contributed by atoms with Gasteiger partial charge in [-0.2, -0.15) is 13.2 Å². The van der Waals surface area contributed by atoms with Gasteiger partial charge in [-0.25, -0.2) is 0 Å². The van der Waals surface area contributed by atoms with Crippen molar-refractivity contribution in [2.24, 2.45) is 0 Å². The van der Waals surface area contributed by atoms with Gasteiger partial charge < -0.3 is 0 Å². The molecule has 0 aromatic rings. The van der Waals surface area contributed by atoms with Crippen molar-refractivity contribution in [2.45, 2.75) is 32.4 Å². The van der Waals surface area contributed by atoms with Gasteiger partial charge in [0.2, 0.25) is 0 Å². The summed E-state index contributed by atoms with van der Waals surface area (Å²) in [7, 11) is 0. The number of nitrogens with zero attached hydrogens (tertiary/aromatic N) is 1. The average Bonchev–Trinajstić information content (AvgIpc) is 2.08. The number of halogens is 4. The normalized spacial score (nSPS) is 12.4. The highest BCUT2D eigenvalue weighted by molar-refractivity contribution is 6.17. The van der Waals surface area contributed by atoms with E-state index < -0.39 is 12.7 Å². The minimum Gasteiger partial charge on any atom is -0.295 e. The molecule has 0 spiro atoms. The van der Waals surface area contributed by atoms with E-state index in [-0.39, 0.29) is 0 Å². The fourth-order valence-corrected chi connectivity index (χ4v) is 1.40. The number of hydrogen-bond acceptors (Lipinski definition) is 1. The van der Waals surface area contributed by atoms with E-state index >= 15 is 0 Å². The van der Waals surface area contributed by atoms with Gasteiger partial charge in [0.05, 0.1) is 6.54 Å². The first-order chi connectivity index (χ1) is 6.49. The van der Waals surface area contributed by atoms with Crippen LogP contribution >= 0.6 is 11.6 Å². The molecule has 0 saturated carbocycles. The van der Waals surface area contributed by atoms with Crippen LogP contribution in [0.25, 0.3) is 0 Å². The van der Waals surface area contributed by atoms with Crippen LogP contribution in [-0.2, 0) is 0 Å². The van der Waals surface area contributed by atoms with Crippen molar-refractivity contribution < 1.29 is 13.2 Å². The van der Waals surface area contributed by atoms with Crippen molar-refractivity contribution in [2.75, 3.05) is 25.5 Å². The summed E-state index contributed by atoms with van der Waals surface area (Å²) in [5.41, 5.74) is 0. The number of unbranched alkanes of at least 4 members (excludes halogenated alkanes) is 2. The van der Waals surface area contributed by atoms with Crippen molar-refractivity contribution in [1.82, 2.24) is 4.90 Å². The summed E-state index contributed by atoms with van der Waals surface area (Å²) in [6, 6.07) is 0. The Labute approximate surface area is 88.2 Å². The van der Waals surface area contributed by atoms with Crippen LogP contribution in [0.5, 0.6) is 0 Å². The van der Waals surface area contributed by atoms with Gasteiger partial charge in [0, 0.05) is 5.88 Å². The molecule has 0 aliphatic rings. The number of alkyl halides is 4. The highest BCUT2D eigenvalue weighted by Crippen LogP contribution is 2.16. The van der Waals surface area contributed by atoms with Crippen LogP contribution in [0.15, 0.2) is 0 Å². The first-order valence-electron chi connectivity index (χ1n) is 4.84. The van der Waals surface area contributed by atoms with Crippen molar-refractivity contribution in [3.8, 4) is 0 Å². The summed E-state index contributed by atoms with van der Waals surface area (Å²) in [5.74, 6) is 0.589. The van der Waals surface area contributed by atoms with Crippen LogP contribution < -0.4 is 0 Å². The predicted molar refractivity (Wildman–Crippen MR) is 52.7 cm³/mol. The van der Waals surface area contributed by atoms with Gasteiger partial charge in [-0.1, -0.05) is 13.3 Å². The molecule has 0 unspecified atom stereocenters. The van der Waals surface area contributed by atoms with Gasteiger partial charge in [-0.15, -0.1) is 11.6 Å². The Bertz CT molecular complexity index is 139. The van der Waals surface area contributed by atoms with Gasteiger partial charge in [-0.3, -0.25) is 4.90 Å². The summed E-state index contributed by atoms with van der Waals surface area (Å²) in [6.45, 7) is 1.89. The quantitative estimate of drug-likeness (QED) is 0.480. The van der Waals surface area contributed by atoms with Crippen LogP contribution in [0.3, 0.4) is 0 Å². The molecule has 0 fully saturated rings. The standard InChI is InChI=1S/C9H17ClF3N/c1-2-14(8-9(11,12)13)7-5-3-4-6-10/h2-8H2,1H3. The van der Waals surface area contributed by atoms with Gasteiger partial charge in [0.1, 0.15) is 0 Å². The maximum atomic E-state index is 12.0. The molecule has 1 nitrogen and oxygen atoms in total. The molecular formula is C9H17ClF3N. The average molecular weight is 232 g/mol. The van der Waals surface area contributed by atoms with E-state index in [0.29, 0.717) is 19.0 Å². The SMILES string of the molecule is CCN(CCCCCCl)CC(F)(F)F. The number of hydrogen-bond donors (Lipinski definition) is 0. The van der Waals surface area contributed by atoms with E-state index in [0.717, 1.165) is 19.3 Å². The number of rotatable bonds is 7. The van der Waals surface area contributed by atoms with Gasteiger partial charge >= 0.3 is 6.18 Å². The van der Waals surface area contributed by atoms with E-state index in [1.165, 1.54) is 4.90 Å². The molecule has 0 aromatic heterocycles. The zero-order chi connectivity index (χ0) is 11.0. The lowest BCUT2D eigenvalue weighted by Crippen LogP contribution is -2.34. The minimum absolute atomic E-state index is 0.445. The predicted octanol–water partition coefficient (Wildman–Crippen LogP) is 3.28. The highest BCUT2D eigenvalue weighted by Gasteiger charge is 2.29. The van der Waals surface area contributed by atoms with Crippen LogP contribution in [0, 0.1) is 0 Å². The lowest BCUT2D eigenvalue weighted by molar-refractivity contribution is -0.145. The smallest absolute Gasteiger partial charge is 0.295 e. The molecule has 86 valence electrons. The van der Waals surface area contributed by atoms with Crippen molar-refractivity contribution in [3.05, 3.63) is 0 Å². The molecule has 0 aromatic carbocycles. The molecule has 0 N–H and O–H groups in total. The fourth-order valence-electron chi connectivity index (χ4n) is 1.21. The molecule has 0 heterocycles. The Morgan fingerprint density at radius 1 is 1.14 bits per heavy atom. The second-order valence-electron chi connectivity index (χ2n) is 3.23. The summed E-state index contributed by atoms with van der Waals surface area (Å²) in [4.78, 5) is 1.41. The molecule has 14 heavy (non-hydrogen) atoms. The molecule has 0 aliphatic carbocycles. The second kappa shape index (κ2) is 7.35. The lowest BCUT2D eigenvalue weighted by Gasteiger charge is -2.21. The third kappa shape index (κ3) is 8.63. The fraction of sp³-hybridized carbons (Fsp3) is 1.00. The molecule has 5 heteroatoms. The Morgan fingerprint density at radius 2 is 1.79 bits per heavy atom. The molecule has 0 amide bonds. The van der Waals surface area contributed by atoms with Crippen molar-refractivity contribution in [3.63, 3.8) is 0 Å². The minimum atomic E-state index is -4.08. The topological polar surface area (TPSA) is 3.24 Å². The Morgan fingerprint density at radius 3 is 2.21 bits per heavy atom. The van der Waals surface area contributed by atoms with E-state index in [2.05, 4.69) is 0 Å². The van der Waals surface area contributed by atoms with Crippen LogP contribution in [-0.4, -0.2) is 36.6 Å². The third-order valence-electron chi connectivity index (χ3n) is 1.96. The van der Waals surface area contributed by atoms with Crippen LogP contribution in [0.1, 0.15) is 26.2 Å². The van der Waals surface area contributed by atoms with E-state index in [1.54, 1.807) is 6.92 Å². The monoisotopic (exact) mass is 231 g/mol.